The lowest BCUT2D eigenvalue weighted by molar-refractivity contribution is -0.119. The fourth-order valence-electron chi connectivity index (χ4n) is 2.54. The smallest absolute Gasteiger partial charge is 0.241 e. The number of piperidine rings is 1. The quantitative estimate of drug-likeness (QED) is 0.907. The van der Waals surface area contributed by atoms with Gasteiger partial charge in [-0.1, -0.05) is 6.92 Å². The Morgan fingerprint density at radius 1 is 1.45 bits per heavy atom. The van der Waals surface area contributed by atoms with E-state index in [4.69, 9.17) is 0 Å². The average Bonchev–Trinajstić information content (AvgIpc) is 3.02. The number of halogens is 1. The summed E-state index contributed by atoms with van der Waals surface area (Å²) < 4.78 is 1.68. The van der Waals surface area contributed by atoms with Gasteiger partial charge in [0, 0.05) is 12.4 Å². The minimum Gasteiger partial charge on any atom is -0.323 e. The van der Waals surface area contributed by atoms with Crippen molar-refractivity contribution in [2.24, 2.45) is 5.92 Å². The summed E-state index contributed by atoms with van der Waals surface area (Å²) in [5, 5.41) is 10.3. The highest BCUT2D eigenvalue weighted by molar-refractivity contribution is 5.94. The van der Waals surface area contributed by atoms with Crippen molar-refractivity contribution in [3.05, 3.63) is 36.8 Å². The number of hydrogen-bond acceptors (Lipinski definition) is 4. The van der Waals surface area contributed by atoms with Gasteiger partial charge in [0.25, 0.3) is 0 Å². The molecule has 2 aromatic heterocycles. The number of rotatable bonds is 3. The fraction of sp³-hybridized carbons (Fsp3) is 0.400. The predicted molar refractivity (Wildman–Crippen MR) is 87.4 cm³/mol. The standard InChI is InChI=1S/C15H19N5O.ClH/c1-11-5-7-16-13(9-11)15(21)19-12-3-4-14(17-10-12)20-8-2-6-18-20;/h2-4,6,8,10-11,13,16H,5,7,9H2,1H3,(H,19,21);1H. The molecule has 3 rings (SSSR count). The van der Waals surface area contributed by atoms with Gasteiger partial charge in [0.15, 0.2) is 5.82 Å². The summed E-state index contributed by atoms with van der Waals surface area (Å²) >= 11 is 0. The number of amides is 1. The number of pyridine rings is 1. The Morgan fingerprint density at radius 2 is 2.32 bits per heavy atom. The van der Waals surface area contributed by atoms with Crippen molar-refractivity contribution in [2.45, 2.75) is 25.8 Å². The lowest BCUT2D eigenvalue weighted by Gasteiger charge is -2.27. The Kier molecular flexibility index (Phi) is 5.51. The Labute approximate surface area is 135 Å². The Balaban J connectivity index is 0.00000176. The maximum atomic E-state index is 12.2. The molecule has 1 aliphatic rings. The molecule has 1 fully saturated rings. The van der Waals surface area contributed by atoms with Crippen molar-refractivity contribution in [3.63, 3.8) is 0 Å². The second-order valence-electron chi connectivity index (χ2n) is 5.48. The Hall–Kier alpha value is -1.92. The van der Waals surface area contributed by atoms with Gasteiger partial charge in [-0.05, 0) is 43.5 Å². The van der Waals surface area contributed by atoms with Crippen LogP contribution in [0.4, 0.5) is 5.69 Å². The molecule has 0 bridgehead atoms. The Bertz CT molecular complexity index is 599. The summed E-state index contributed by atoms with van der Waals surface area (Å²) in [6.45, 7) is 3.08. The van der Waals surface area contributed by atoms with Crippen molar-refractivity contribution in [1.82, 2.24) is 20.1 Å². The van der Waals surface area contributed by atoms with Gasteiger partial charge in [-0.2, -0.15) is 5.10 Å². The van der Waals surface area contributed by atoms with E-state index in [0.29, 0.717) is 11.6 Å². The van der Waals surface area contributed by atoms with Crippen LogP contribution in [-0.4, -0.2) is 33.3 Å². The van der Waals surface area contributed by atoms with Crippen LogP contribution in [0.5, 0.6) is 0 Å². The second kappa shape index (κ2) is 7.38. The normalized spacial score (nSPS) is 21.0. The van der Waals surface area contributed by atoms with Crippen molar-refractivity contribution in [3.8, 4) is 5.82 Å². The van der Waals surface area contributed by atoms with Crippen LogP contribution in [0.2, 0.25) is 0 Å². The number of nitrogens with zero attached hydrogens (tertiary/aromatic N) is 3. The van der Waals surface area contributed by atoms with Crippen LogP contribution in [0.15, 0.2) is 36.8 Å². The minimum atomic E-state index is -0.112. The molecule has 2 atom stereocenters. The van der Waals surface area contributed by atoms with Gasteiger partial charge in [-0.25, -0.2) is 9.67 Å². The molecule has 7 heteroatoms. The van der Waals surface area contributed by atoms with E-state index in [2.05, 4.69) is 27.6 Å². The van der Waals surface area contributed by atoms with Gasteiger partial charge in [-0.15, -0.1) is 12.4 Å². The third kappa shape index (κ3) is 3.84. The molecule has 2 unspecified atom stereocenters. The molecule has 2 aromatic rings. The van der Waals surface area contributed by atoms with E-state index in [1.807, 2.05) is 24.4 Å². The van der Waals surface area contributed by atoms with E-state index < -0.39 is 0 Å². The first-order valence-corrected chi connectivity index (χ1v) is 7.22. The lowest BCUT2D eigenvalue weighted by atomic mass is 9.94. The molecule has 2 N–H and O–H groups in total. The van der Waals surface area contributed by atoms with Crippen LogP contribution >= 0.6 is 12.4 Å². The highest BCUT2D eigenvalue weighted by Crippen LogP contribution is 2.17. The number of carbonyl (C=O) groups is 1. The molecular formula is C15H20ClN5O. The summed E-state index contributed by atoms with van der Waals surface area (Å²) in [4.78, 5) is 16.5. The molecule has 0 aliphatic carbocycles. The Morgan fingerprint density at radius 3 is 2.95 bits per heavy atom. The van der Waals surface area contributed by atoms with Crippen LogP contribution in [0.1, 0.15) is 19.8 Å². The zero-order valence-electron chi connectivity index (χ0n) is 12.4. The summed E-state index contributed by atoms with van der Waals surface area (Å²) in [6, 6.07) is 5.40. The van der Waals surface area contributed by atoms with Gasteiger partial charge in [0.1, 0.15) is 0 Å². The van der Waals surface area contributed by atoms with Gasteiger partial charge in [-0.3, -0.25) is 4.79 Å². The van der Waals surface area contributed by atoms with E-state index in [1.165, 1.54) is 0 Å². The summed E-state index contributed by atoms with van der Waals surface area (Å²) in [5.74, 6) is 1.32. The third-order valence-corrected chi connectivity index (χ3v) is 3.74. The van der Waals surface area contributed by atoms with Gasteiger partial charge >= 0.3 is 0 Å². The van der Waals surface area contributed by atoms with Gasteiger partial charge < -0.3 is 10.6 Å². The molecule has 0 aromatic carbocycles. The van der Waals surface area contributed by atoms with Crippen LogP contribution in [-0.2, 0) is 4.79 Å². The van der Waals surface area contributed by atoms with E-state index in [9.17, 15) is 4.79 Å². The van der Waals surface area contributed by atoms with Crippen LogP contribution < -0.4 is 10.6 Å². The summed E-state index contributed by atoms with van der Waals surface area (Å²) in [5.41, 5.74) is 0.705. The van der Waals surface area contributed by atoms with Crippen LogP contribution in [0, 0.1) is 5.92 Å². The number of nitrogens with one attached hydrogen (secondary N) is 2. The molecule has 22 heavy (non-hydrogen) atoms. The molecule has 0 saturated carbocycles. The van der Waals surface area contributed by atoms with Gasteiger partial charge in [0.05, 0.1) is 17.9 Å². The van der Waals surface area contributed by atoms with Crippen molar-refractivity contribution in [2.75, 3.05) is 11.9 Å². The lowest BCUT2D eigenvalue weighted by Crippen LogP contribution is -2.45. The van der Waals surface area contributed by atoms with Crippen LogP contribution in [0.3, 0.4) is 0 Å². The van der Waals surface area contributed by atoms with Crippen molar-refractivity contribution < 1.29 is 4.79 Å². The third-order valence-electron chi connectivity index (χ3n) is 3.74. The van der Waals surface area contributed by atoms with E-state index in [-0.39, 0.29) is 24.4 Å². The van der Waals surface area contributed by atoms with Crippen LogP contribution in [0.25, 0.3) is 5.82 Å². The second-order valence-corrected chi connectivity index (χ2v) is 5.48. The number of aromatic nitrogens is 3. The van der Waals surface area contributed by atoms with E-state index >= 15 is 0 Å². The molecule has 6 nitrogen and oxygen atoms in total. The highest BCUT2D eigenvalue weighted by atomic mass is 35.5. The maximum absolute atomic E-state index is 12.2. The maximum Gasteiger partial charge on any atom is 0.241 e. The molecule has 1 aliphatic heterocycles. The molecule has 0 radical (unpaired) electrons. The van der Waals surface area contributed by atoms with Crippen molar-refractivity contribution in [1.29, 1.82) is 0 Å². The first-order chi connectivity index (χ1) is 10.2. The minimum absolute atomic E-state index is 0. The number of anilines is 1. The molecule has 118 valence electrons. The number of hydrogen-bond donors (Lipinski definition) is 2. The fourth-order valence-corrected chi connectivity index (χ4v) is 2.54. The average molecular weight is 322 g/mol. The van der Waals surface area contributed by atoms with E-state index in [0.717, 1.165) is 25.2 Å². The topological polar surface area (TPSA) is 71.8 Å². The van der Waals surface area contributed by atoms with E-state index in [1.54, 1.807) is 17.1 Å². The monoisotopic (exact) mass is 321 g/mol. The first-order valence-electron chi connectivity index (χ1n) is 7.22. The molecule has 1 amide bonds. The first kappa shape index (κ1) is 16.5. The largest absolute Gasteiger partial charge is 0.323 e. The molecular weight excluding hydrogens is 302 g/mol. The zero-order chi connectivity index (χ0) is 14.7. The summed E-state index contributed by atoms with van der Waals surface area (Å²) in [6.07, 6.45) is 7.19. The molecule has 0 spiro atoms. The van der Waals surface area contributed by atoms with Gasteiger partial charge in [0.2, 0.25) is 5.91 Å². The highest BCUT2D eigenvalue weighted by Gasteiger charge is 2.24. The SMILES string of the molecule is CC1CCNC(C(=O)Nc2ccc(-n3cccn3)nc2)C1.Cl. The zero-order valence-corrected chi connectivity index (χ0v) is 13.2. The molecule has 1 saturated heterocycles. The number of carbonyl (C=O) groups excluding carboxylic acids is 1. The molecule has 3 heterocycles. The predicted octanol–water partition coefficient (Wildman–Crippen LogP) is 2.02. The van der Waals surface area contributed by atoms with Crippen molar-refractivity contribution >= 4 is 24.0 Å². The summed E-state index contributed by atoms with van der Waals surface area (Å²) in [7, 11) is 0.